The molecule has 0 radical (unpaired) electrons. The van der Waals surface area contributed by atoms with Gasteiger partial charge in [0.25, 0.3) is 5.56 Å². The molecule has 5 nitrogen and oxygen atoms in total. The molecule has 0 aliphatic rings. The van der Waals surface area contributed by atoms with Crippen LogP contribution < -0.4 is 5.56 Å². The van der Waals surface area contributed by atoms with Gasteiger partial charge in [-0.2, -0.15) is 9.78 Å². The van der Waals surface area contributed by atoms with Gasteiger partial charge >= 0.3 is 0 Å². The Bertz CT molecular complexity index is 874. The van der Waals surface area contributed by atoms with Crippen molar-refractivity contribution in [2.45, 2.75) is 5.88 Å². The van der Waals surface area contributed by atoms with E-state index in [1.165, 1.54) is 10.6 Å². The van der Waals surface area contributed by atoms with E-state index in [0.29, 0.717) is 22.6 Å². The van der Waals surface area contributed by atoms with Crippen molar-refractivity contribution < 1.29 is 0 Å². The minimum atomic E-state index is -0.288. The molecule has 0 saturated heterocycles. The molecule has 1 aromatic carbocycles. The van der Waals surface area contributed by atoms with Crippen molar-refractivity contribution in [1.29, 1.82) is 5.26 Å². The Morgan fingerprint density at radius 3 is 2.75 bits per heavy atom. The van der Waals surface area contributed by atoms with E-state index in [2.05, 4.69) is 16.2 Å². The molecule has 20 heavy (non-hydrogen) atoms. The molecule has 6 heteroatoms. The number of aromatic amines is 1. The second kappa shape index (κ2) is 4.83. The van der Waals surface area contributed by atoms with E-state index in [4.69, 9.17) is 11.6 Å². The lowest BCUT2D eigenvalue weighted by molar-refractivity contribution is 0.881. The van der Waals surface area contributed by atoms with Crippen LogP contribution in [0.3, 0.4) is 0 Å². The van der Waals surface area contributed by atoms with E-state index in [1.54, 1.807) is 0 Å². The molecule has 0 bridgehead atoms. The maximum Gasteiger partial charge on any atom is 0.272 e. The molecule has 0 aliphatic carbocycles. The van der Waals surface area contributed by atoms with E-state index in [1.807, 2.05) is 30.3 Å². The van der Waals surface area contributed by atoms with Crippen LogP contribution in [0, 0.1) is 11.3 Å². The molecule has 0 amide bonds. The van der Waals surface area contributed by atoms with Crippen molar-refractivity contribution in [3.63, 3.8) is 0 Å². The molecular weight excluding hydrogens is 276 g/mol. The van der Waals surface area contributed by atoms with Crippen molar-refractivity contribution in [1.82, 2.24) is 14.6 Å². The van der Waals surface area contributed by atoms with E-state index in [9.17, 15) is 10.1 Å². The van der Waals surface area contributed by atoms with Crippen molar-refractivity contribution in [3.05, 3.63) is 58.1 Å². The topological polar surface area (TPSA) is 73.9 Å². The van der Waals surface area contributed by atoms with E-state index >= 15 is 0 Å². The van der Waals surface area contributed by atoms with E-state index in [-0.39, 0.29) is 11.4 Å². The summed E-state index contributed by atoms with van der Waals surface area (Å²) in [5.41, 5.74) is 2.34. The van der Waals surface area contributed by atoms with Crippen LogP contribution in [-0.4, -0.2) is 14.6 Å². The van der Waals surface area contributed by atoms with Crippen LogP contribution in [0.25, 0.3) is 16.8 Å². The number of nitriles is 1. The number of nitrogens with zero attached hydrogens (tertiary/aromatic N) is 3. The highest BCUT2D eigenvalue weighted by molar-refractivity contribution is 6.16. The summed E-state index contributed by atoms with van der Waals surface area (Å²) >= 11 is 5.75. The average Bonchev–Trinajstić information content (AvgIpc) is 2.87. The summed E-state index contributed by atoms with van der Waals surface area (Å²) in [5.74, 6) is 0.146. The Morgan fingerprint density at radius 2 is 2.10 bits per heavy atom. The normalized spacial score (nSPS) is 10.6. The number of rotatable bonds is 2. The third-order valence-electron chi connectivity index (χ3n) is 2.98. The fourth-order valence-corrected chi connectivity index (χ4v) is 2.25. The van der Waals surface area contributed by atoms with Gasteiger partial charge in [-0.25, -0.2) is 4.98 Å². The Morgan fingerprint density at radius 1 is 1.35 bits per heavy atom. The van der Waals surface area contributed by atoms with Crippen LogP contribution in [0.2, 0.25) is 0 Å². The smallest absolute Gasteiger partial charge is 0.272 e. The van der Waals surface area contributed by atoms with Gasteiger partial charge in [0, 0.05) is 6.07 Å². The standard InChI is InChI=1S/C14H9ClN4O/c15-7-10-6-12(20)19-14(17-10)13(11(8-16)18-19)9-4-2-1-3-5-9/h1-6,18H,7H2. The number of hydrogen-bond donors (Lipinski definition) is 1. The van der Waals surface area contributed by atoms with Crippen molar-refractivity contribution in [3.8, 4) is 17.2 Å². The summed E-state index contributed by atoms with van der Waals surface area (Å²) in [4.78, 5) is 16.3. The van der Waals surface area contributed by atoms with Gasteiger partial charge in [0.05, 0.1) is 17.1 Å². The van der Waals surface area contributed by atoms with E-state index in [0.717, 1.165) is 5.56 Å². The van der Waals surface area contributed by atoms with Crippen molar-refractivity contribution >= 4 is 17.2 Å². The first kappa shape index (κ1) is 12.5. The van der Waals surface area contributed by atoms with Crippen molar-refractivity contribution in [2.75, 3.05) is 0 Å². The fourth-order valence-electron chi connectivity index (χ4n) is 2.11. The van der Waals surface area contributed by atoms with Gasteiger partial charge in [-0.05, 0) is 5.56 Å². The Balaban J connectivity index is 2.44. The number of alkyl halides is 1. The first-order valence-electron chi connectivity index (χ1n) is 5.90. The average molecular weight is 285 g/mol. The largest absolute Gasteiger partial charge is 0.279 e. The predicted octanol–water partition coefficient (Wildman–Crippen LogP) is 2.30. The van der Waals surface area contributed by atoms with Crippen LogP contribution in [0.4, 0.5) is 0 Å². The summed E-state index contributed by atoms with van der Waals surface area (Å²) < 4.78 is 1.26. The maximum absolute atomic E-state index is 12.0. The predicted molar refractivity (Wildman–Crippen MR) is 75.5 cm³/mol. The summed E-state index contributed by atoms with van der Waals surface area (Å²) in [6.07, 6.45) is 0. The minimum Gasteiger partial charge on any atom is -0.279 e. The van der Waals surface area contributed by atoms with Gasteiger partial charge in [-0.1, -0.05) is 30.3 Å². The molecule has 2 heterocycles. The van der Waals surface area contributed by atoms with Gasteiger partial charge in [0.1, 0.15) is 11.8 Å². The number of halogens is 1. The molecule has 2 aromatic heterocycles. The highest BCUT2D eigenvalue weighted by Crippen LogP contribution is 2.26. The lowest BCUT2D eigenvalue weighted by Gasteiger charge is -2.00. The zero-order valence-corrected chi connectivity index (χ0v) is 11.1. The summed E-state index contributed by atoms with van der Waals surface area (Å²) in [5, 5.41) is 12.0. The minimum absolute atomic E-state index is 0.146. The Kier molecular flexibility index (Phi) is 3.01. The van der Waals surface area contributed by atoms with Crippen LogP contribution in [0.1, 0.15) is 11.4 Å². The second-order valence-corrected chi connectivity index (χ2v) is 4.49. The van der Waals surface area contributed by atoms with E-state index < -0.39 is 0 Å². The third kappa shape index (κ3) is 1.87. The number of nitrogens with one attached hydrogen (secondary N) is 1. The Labute approximate surface area is 119 Å². The van der Waals surface area contributed by atoms with Gasteiger partial charge in [-0.3, -0.25) is 9.89 Å². The molecule has 3 aromatic rings. The monoisotopic (exact) mass is 284 g/mol. The maximum atomic E-state index is 12.0. The molecule has 0 aliphatic heterocycles. The number of fused-ring (bicyclic) bond motifs is 1. The zero-order valence-electron chi connectivity index (χ0n) is 10.3. The van der Waals surface area contributed by atoms with Crippen molar-refractivity contribution in [2.24, 2.45) is 0 Å². The number of hydrogen-bond acceptors (Lipinski definition) is 3. The van der Waals surface area contributed by atoms with Gasteiger partial charge < -0.3 is 0 Å². The third-order valence-corrected chi connectivity index (χ3v) is 3.25. The molecule has 0 fully saturated rings. The van der Waals surface area contributed by atoms with Crippen LogP contribution in [0.5, 0.6) is 0 Å². The molecule has 0 unspecified atom stereocenters. The molecular formula is C14H9ClN4O. The van der Waals surface area contributed by atoms with Gasteiger partial charge in [-0.15, -0.1) is 11.6 Å². The molecule has 1 N–H and O–H groups in total. The second-order valence-electron chi connectivity index (χ2n) is 4.22. The van der Waals surface area contributed by atoms with Gasteiger partial charge in [0.15, 0.2) is 5.65 Å². The van der Waals surface area contributed by atoms with Crippen LogP contribution in [0.15, 0.2) is 41.2 Å². The fraction of sp³-hybridized carbons (Fsp3) is 0.0714. The number of aromatic nitrogens is 3. The van der Waals surface area contributed by atoms with Crippen LogP contribution in [-0.2, 0) is 5.88 Å². The first-order chi connectivity index (χ1) is 9.74. The summed E-state index contributed by atoms with van der Waals surface area (Å²) in [7, 11) is 0. The zero-order chi connectivity index (χ0) is 14.1. The summed E-state index contributed by atoms with van der Waals surface area (Å²) in [6, 6.07) is 12.8. The molecule has 0 saturated carbocycles. The Hall–Kier alpha value is -2.58. The molecule has 98 valence electrons. The highest BCUT2D eigenvalue weighted by atomic mass is 35.5. The van der Waals surface area contributed by atoms with Crippen LogP contribution >= 0.6 is 11.6 Å². The SMILES string of the molecule is N#Cc1[nH]n2c(=O)cc(CCl)nc2c1-c1ccccc1. The number of H-pyrrole nitrogens is 1. The summed E-state index contributed by atoms with van der Waals surface area (Å²) in [6.45, 7) is 0. The lowest BCUT2D eigenvalue weighted by Crippen LogP contribution is -2.15. The quantitative estimate of drug-likeness (QED) is 0.734. The highest BCUT2D eigenvalue weighted by Gasteiger charge is 2.16. The lowest BCUT2D eigenvalue weighted by atomic mass is 10.1. The first-order valence-corrected chi connectivity index (χ1v) is 6.44. The molecule has 3 rings (SSSR count). The molecule has 0 atom stereocenters. The molecule has 0 spiro atoms. The number of benzene rings is 1. The van der Waals surface area contributed by atoms with Gasteiger partial charge in [0.2, 0.25) is 0 Å².